The average molecular weight is 280 g/mol. The summed E-state index contributed by atoms with van der Waals surface area (Å²) in [6, 6.07) is 1.62. The van der Waals surface area contributed by atoms with Crippen LogP contribution in [0.4, 0.5) is 0 Å². The zero-order valence-corrected chi connectivity index (χ0v) is 14.3. The number of nitrogens with one attached hydrogen (secondary N) is 1. The third-order valence-electron chi connectivity index (χ3n) is 5.64. The second kappa shape index (κ2) is 7.26. The molecule has 2 atom stereocenters. The van der Waals surface area contributed by atoms with Crippen molar-refractivity contribution in [1.82, 2.24) is 10.2 Å². The second-order valence-corrected chi connectivity index (χ2v) is 8.11. The Labute approximate surface area is 126 Å². The van der Waals surface area contributed by atoms with Crippen molar-refractivity contribution in [2.24, 2.45) is 11.3 Å². The summed E-state index contributed by atoms with van der Waals surface area (Å²) in [5, 5.41) is 3.83. The van der Waals surface area contributed by atoms with E-state index in [2.05, 4.69) is 38.0 Å². The molecule has 2 unspecified atom stereocenters. The number of nitrogens with zero attached hydrogens (tertiary/aromatic N) is 1. The Balaban J connectivity index is 1.91. The maximum atomic E-state index is 3.83. The zero-order valence-electron chi connectivity index (χ0n) is 14.3. The summed E-state index contributed by atoms with van der Waals surface area (Å²) >= 11 is 0. The molecule has 20 heavy (non-hydrogen) atoms. The van der Waals surface area contributed by atoms with Gasteiger partial charge in [0.25, 0.3) is 0 Å². The molecule has 2 aliphatic carbocycles. The van der Waals surface area contributed by atoms with Crippen molar-refractivity contribution in [3.8, 4) is 0 Å². The third-order valence-corrected chi connectivity index (χ3v) is 5.64. The maximum absolute atomic E-state index is 3.83. The average Bonchev–Trinajstić information content (AvgIpc) is 2.91. The predicted molar refractivity (Wildman–Crippen MR) is 88.1 cm³/mol. The molecule has 0 aliphatic heterocycles. The smallest absolute Gasteiger partial charge is 0.0108 e. The van der Waals surface area contributed by atoms with E-state index >= 15 is 0 Å². The van der Waals surface area contributed by atoms with E-state index in [-0.39, 0.29) is 0 Å². The molecule has 2 rings (SSSR count). The Morgan fingerprint density at radius 2 is 1.85 bits per heavy atom. The summed E-state index contributed by atoms with van der Waals surface area (Å²) in [6.45, 7) is 9.70. The van der Waals surface area contributed by atoms with Gasteiger partial charge in [0.1, 0.15) is 0 Å². The zero-order chi connectivity index (χ0) is 14.6. The van der Waals surface area contributed by atoms with Crippen LogP contribution in [0, 0.1) is 11.3 Å². The van der Waals surface area contributed by atoms with Crippen molar-refractivity contribution in [2.45, 2.75) is 84.2 Å². The molecule has 2 heteroatoms. The van der Waals surface area contributed by atoms with Gasteiger partial charge < -0.3 is 10.2 Å². The number of hydrogen-bond acceptors (Lipinski definition) is 2. The number of rotatable bonds is 6. The molecule has 0 spiro atoms. The summed E-state index contributed by atoms with van der Waals surface area (Å²) < 4.78 is 0. The first-order chi connectivity index (χ1) is 9.52. The highest BCUT2D eigenvalue weighted by Crippen LogP contribution is 2.39. The van der Waals surface area contributed by atoms with Crippen LogP contribution in [0.3, 0.4) is 0 Å². The lowest BCUT2D eigenvalue weighted by molar-refractivity contribution is 0.0946. The fraction of sp³-hybridized carbons (Fsp3) is 1.00. The van der Waals surface area contributed by atoms with Crippen molar-refractivity contribution in [2.75, 3.05) is 20.1 Å². The van der Waals surface area contributed by atoms with E-state index in [1.54, 1.807) is 0 Å². The van der Waals surface area contributed by atoms with E-state index in [1.165, 1.54) is 64.5 Å². The molecule has 0 heterocycles. The highest BCUT2D eigenvalue weighted by Gasteiger charge is 2.35. The van der Waals surface area contributed by atoms with E-state index in [4.69, 9.17) is 0 Å². The molecular weight excluding hydrogens is 244 g/mol. The summed E-state index contributed by atoms with van der Waals surface area (Å²) in [7, 11) is 2.37. The monoisotopic (exact) mass is 280 g/mol. The van der Waals surface area contributed by atoms with Gasteiger partial charge in [-0.15, -0.1) is 0 Å². The van der Waals surface area contributed by atoms with Gasteiger partial charge in [-0.05, 0) is 63.5 Å². The van der Waals surface area contributed by atoms with Crippen LogP contribution >= 0.6 is 0 Å². The van der Waals surface area contributed by atoms with Crippen LogP contribution in [0.15, 0.2) is 0 Å². The van der Waals surface area contributed by atoms with Crippen LogP contribution in [0.1, 0.15) is 72.1 Å². The standard InChI is InChI=1S/C18H36N2/c1-5-12-19-17-10-11-18(2,3)13-15(17)14-20(4)16-8-6-7-9-16/h15-17,19H,5-14H2,1-4H3. The highest BCUT2D eigenvalue weighted by molar-refractivity contribution is 4.91. The molecule has 0 aromatic carbocycles. The van der Waals surface area contributed by atoms with Crippen molar-refractivity contribution in [3.63, 3.8) is 0 Å². The van der Waals surface area contributed by atoms with Crippen molar-refractivity contribution in [1.29, 1.82) is 0 Å². The summed E-state index contributed by atoms with van der Waals surface area (Å²) in [5.74, 6) is 0.843. The van der Waals surface area contributed by atoms with Gasteiger partial charge in [0.15, 0.2) is 0 Å². The van der Waals surface area contributed by atoms with E-state index in [0.717, 1.165) is 18.0 Å². The van der Waals surface area contributed by atoms with Gasteiger partial charge in [0.05, 0.1) is 0 Å². The Bertz CT molecular complexity index is 281. The third kappa shape index (κ3) is 4.46. The van der Waals surface area contributed by atoms with Crippen LogP contribution in [0.2, 0.25) is 0 Å². The Kier molecular flexibility index (Phi) is 5.92. The minimum absolute atomic E-state index is 0.547. The van der Waals surface area contributed by atoms with Gasteiger partial charge in [0, 0.05) is 18.6 Å². The number of hydrogen-bond donors (Lipinski definition) is 1. The molecule has 0 amide bonds. The van der Waals surface area contributed by atoms with Crippen LogP contribution in [-0.2, 0) is 0 Å². The van der Waals surface area contributed by atoms with E-state index in [0.29, 0.717) is 5.41 Å². The van der Waals surface area contributed by atoms with Crippen molar-refractivity contribution in [3.05, 3.63) is 0 Å². The van der Waals surface area contributed by atoms with Crippen LogP contribution in [-0.4, -0.2) is 37.1 Å². The Hall–Kier alpha value is -0.0800. The van der Waals surface area contributed by atoms with Crippen LogP contribution in [0.5, 0.6) is 0 Å². The molecule has 0 aromatic rings. The van der Waals surface area contributed by atoms with Gasteiger partial charge in [-0.25, -0.2) is 0 Å². The van der Waals surface area contributed by atoms with Crippen molar-refractivity contribution < 1.29 is 0 Å². The van der Waals surface area contributed by atoms with E-state index in [9.17, 15) is 0 Å². The SMILES string of the molecule is CCCNC1CCC(C)(C)CC1CN(C)C1CCCC1. The van der Waals surface area contributed by atoms with Crippen LogP contribution < -0.4 is 5.32 Å². The van der Waals surface area contributed by atoms with Gasteiger partial charge in [-0.2, -0.15) is 0 Å². The molecule has 0 radical (unpaired) electrons. The molecule has 118 valence electrons. The summed E-state index contributed by atoms with van der Waals surface area (Å²) in [4.78, 5) is 2.68. The Morgan fingerprint density at radius 1 is 1.15 bits per heavy atom. The first kappa shape index (κ1) is 16.3. The second-order valence-electron chi connectivity index (χ2n) is 8.11. The molecule has 2 saturated carbocycles. The lowest BCUT2D eigenvalue weighted by atomic mass is 9.69. The normalized spacial score (nSPS) is 31.1. The molecule has 1 N–H and O–H groups in total. The highest BCUT2D eigenvalue weighted by atomic mass is 15.1. The van der Waals surface area contributed by atoms with Gasteiger partial charge in [-0.1, -0.05) is 33.6 Å². The van der Waals surface area contributed by atoms with Crippen molar-refractivity contribution >= 4 is 0 Å². The molecule has 2 aliphatic rings. The Morgan fingerprint density at radius 3 is 2.50 bits per heavy atom. The predicted octanol–water partition coefficient (Wildman–Crippen LogP) is 4.06. The molecule has 0 saturated heterocycles. The van der Waals surface area contributed by atoms with Crippen LogP contribution in [0.25, 0.3) is 0 Å². The first-order valence-electron chi connectivity index (χ1n) is 8.95. The molecular formula is C18H36N2. The fourth-order valence-corrected chi connectivity index (χ4v) is 4.39. The van der Waals surface area contributed by atoms with Gasteiger partial charge in [0.2, 0.25) is 0 Å². The maximum Gasteiger partial charge on any atom is 0.0108 e. The summed E-state index contributed by atoms with van der Waals surface area (Å²) in [5.41, 5.74) is 0.547. The van der Waals surface area contributed by atoms with E-state index in [1.807, 2.05) is 0 Å². The molecule has 2 nitrogen and oxygen atoms in total. The topological polar surface area (TPSA) is 15.3 Å². The fourth-order valence-electron chi connectivity index (χ4n) is 4.39. The lowest BCUT2D eigenvalue weighted by Crippen LogP contribution is -2.48. The van der Waals surface area contributed by atoms with Gasteiger partial charge >= 0.3 is 0 Å². The molecule has 2 fully saturated rings. The lowest BCUT2D eigenvalue weighted by Gasteiger charge is -2.43. The quantitative estimate of drug-likeness (QED) is 0.789. The minimum atomic E-state index is 0.547. The molecule has 0 bridgehead atoms. The molecule has 0 aromatic heterocycles. The van der Waals surface area contributed by atoms with Gasteiger partial charge in [-0.3, -0.25) is 0 Å². The van der Waals surface area contributed by atoms with E-state index < -0.39 is 0 Å². The largest absolute Gasteiger partial charge is 0.314 e. The first-order valence-corrected chi connectivity index (χ1v) is 8.95. The minimum Gasteiger partial charge on any atom is -0.314 e. The summed E-state index contributed by atoms with van der Waals surface area (Å²) in [6.07, 6.45) is 11.2.